The summed E-state index contributed by atoms with van der Waals surface area (Å²) in [7, 11) is -0.915. The molecule has 5 heteroatoms. The molecular formula is C14H24NO3P. The van der Waals surface area contributed by atoms with Crippen LogP contribution in [0, 0.1) is 18.4 Å². The van der Waals surface area contributed by atoms with Gasteiger partial charge < -0.3 is 18.6 Å². The van der Waals surface area contributed by atoms with Gasteiger partial charge in [-0.15, -0.1) is 0 Å². The van der Waals surface area contributed by atoms with Crippen LogP contribution in [0.5, 0.6) is 0 Å². The van der Waals surface area contributed by atoms with Crippen molar-refractivity contribution in [3.05, 3.63) is 11.4 Å². The number of hydrogen-bond donors (Lipinski definition) is 0. The van der Waals surface area contributed by atoms with Crippen molar-refractivity contribution in [2.24, 2.45) is 11.8 Å². The van der Waals surface area contributed by atoms with Gasteiger partial charge in [-0.25, -0.2) is 6.57 Å². The molecule has 0 N–H and O–H groups in total. The second-order valence-electron chi connectivity index (χ2n) is 5.68. The van der Waals surface area contributed by atoms with Crippen LogP contribution in [0.2, 0.25) is 0 Å². The van der Waals surface area contributed by atoms with Gasteiger partial charge in [0.2, 0.25) is 6.54 Å². The van der Waals surface area contributed by atoms with Crippen molar-refractivity contribution in [2.75, 3.05) is 19.8 Å². The maximum Gasteiger partial charge on any atom is 0.238 e. The van der Waals surface area contributed by atoms with Gasteiger partial charge in [0, 0.05) is 12.6 Å². The molecule has 0 radical (unpaired) electrons. The zero-order valence-electron chi connectivity index (χ0n) is 12.3. The average Bonchev–Trinajstić information content (AvgIpc) is 2.77. The molecular weight excluding hydrogens is 261 g/mol. The van der Waals surface area contributed by atoms with E-state index in [2.05, 4.69) is 25.6 Å². The van der Waals surface area contributed by atoms with Crippen LogP contribution >= 0.6 is 8.38 Å². The van der Waals surface area contributed by atoms with Gasteiger partial charge in [0.25, 0.3) is 0 Å². The Morgan fingerprint density at radius 1 is 1.47 bits per heavy atom. The van der Waals surface area contributed by atoms with E-state index in [4.69, 9.17) is 20.4 Å². The predicted molar refractivity (Wildman–Crippen MR) is 76.0 cm³/mol. The number of rotatable bonds is 6. The summed E-state index contributed by atoms with van der Waals surface area (Å²) in [6.07, 6.45) is 2.52. The summed E-state index contributed by atoms with van der Waals surface area (Å²) in [5.74, 6) is 1.13. The fourth-order valence-corrected chi connectivity index (χ4v) is 4.77. The molecule has 0 aromatic carbocycles. The highest BCUT2D eigenvalue weighted by Gasteiger charge is 2.61. The SMILES string of the molecule is [C-]#[N+]CCOP(C)O[C@@H]1[C@H]2C(C)C[C@@]1(CC)O[C@H]2C. The quantitative estimate of drug-likeness (QED) is 0.425. The van der Waals surface area contributed by atoms with Crippen molar-refractivity contribution in [1.29, 1.82) is 0 Å². The molecule has 2 fully saturated rings. The van der Waals surface area contributed by atoms with Gasteiger partial charge in [-0.3, -0.25) is 0 Å². The van der Waals surface area contributed by atoms with Crippen molar-refractivity contribution in [3.8, 4) is 0 Å². The number of nitrogens with zero attached hydrogens (tertiary/aromatic N) is 1. The van der Waals surface area contributed by atoms with Crippen molar-refractivity contribution < 1.29 is 13.8 Å². The van der Waals surface area contributed by atoms with Crippen LogP contribution in [0.1, 0.15) is 33.6 Å². The Bertz CT molecular complexity index is 345. The Labute approximate surface area is 117 Å². The third kappa shape index (κ3) is 2.81. The summed E-state index contributed by atoms with van der Waals surface area (Å²) in [6.45, 7) is 16.2. The second kappa shape index (κ2) is 6.06. The monoisotopic (exact) mass is 285 g/mol. The van der Waals surface area contributed by atoms with Crippen LogP contribution in [0.4, 0.5) is 0 Å². The van der Waals surface area contributed by atoms with Gasteiger partial charge in [0.1, 0.15) is 6.61 Å². The fourth-order valence-electron chi connectivity index (χ4n) is 3.72. The standard InChI is InChI=1S/C14H24NO3P/c1-6-14-9-10(2)12(11(3)17-14)13(14)18-19(5)16-8-7-15-4/h10-13H,6-9H2,1-3,5H3/t10?,11-,12-,13+,14+,19?/m0/s1. The van der Waals surface area contributed by atoms with Crippen LogP contribution in [-0.2, 0) is 13.8 Å². The molecule has 6 atom stereocenters. The Hall–Kier alpha value is -0.200. The van der Waals surface area contributed by atoms with E-state index >= 15 is 0 Å². The molecule has 4 nitrogen and oxygen atoms in total. The zero-order chi connectivity index (χ0) is 14.0. The van der Waals surface area contributed by atoms with Gasteiger partial charge in [-0.1, -0.05) is 13.8 Å². The van der Waals surface area contributed by atoms with E-state index < -0.39 is 8.38 Å². The first-order valence-corrected chi connectivity index (χ1v) is 8.71. The highest BCUT2D eigenvalue weighted by molar-refractivity contribution is 7.46. The molecule has 0 spiro atoms. The number of ether oxygens (including phenoxy) is 1. The normalized spacial score (nSPS) is 42.3. The van der Waals surface area contributed by atoms with Crippen LogP contribution in [0.25, 0.3) is 4.85 Å². The summed E-state index contributed by atoms with van der Waals surface area (Å²) in [6, 6.07) is 0. The van der Waals surface area contributed by atoms with E-state index in [1.165, 1.54) is 0 Å². The third-order valence-corrected chi connectivity index (χ3v) is 5.56. The number of hydrogen-bond acceptors (Lipinski definition) is 3. The van der Waals surface area contributed by atoms with Gasteiger partial charge in [-0.05, 0) is 25.7 Å². The summed E-state index contributed by atoms with van der Waals surface area (Å²) < 4.78 is 18.0. The molecule has 1 aliphatic carbocycles. The van der Waals surface area contributed by atoms with E-state index in [9.17, 15) is 0 Å². The molecule has 2 bridgehead atoms. The lowest BCUT2D eigenvalue weighted by Crippen LogP contribution is -2.37. The Morgan fingerprint density at radius 3 is 2.79 bits per heavy atom. The molecule has 0 aromatic rings. The number of fused-ring (bicyclic) bond motifs is 2. The molecule has 1 saturated carbocycles. The molecule has 2 unspecified atom stereocenters. The van der Waals surface area contributed by atoms with Crippen LogP contribution in [0.15, 0.2) is 0 Å². The molecule has 0 amide bonds. The third-order valence-electron chi connectivity index (χ3n) is 4.49. The average molecular weight is 285 g/mol. The molecule has 2 rings (SSSR count). The van der Waals surface area contributed by atoms with E-state index in [0.29, 0.717) is 25.0 Å². The van der Waals surface area contributed by atoms with E-state index in [0.717, 1.165) is 12.8 Å². The zero-order valence-corrected chi connectivity index (χ0v) is 13.2. The maximum atomic E-state index is 6.75. The Morgan fingerprint density at radius 2 is 2.21 bits per heavy atom. The minimum atomic E-state index is -0.915. The smallest absolute Gasteiger partial charge is 0.238 e. The highest BCUT2D eigenvalue weighted by Crippen LogP contribution is 2.57. The predicted octanol–water partition coefficient (Wildman–Crippen LogP) is 3.47. The van der Waals surface area contributed by atoms with Gasteiger partial charge in [0.05, 0.1) is 17.8 Å². The molecule has 108 valence electrons. The maximum absolute atomic E-state index is 6.75. The lowest BCUT2D eigenvalue weighted by molar-refractivity contribution is -0.0927. The lowest BCUT2D eigenvalue weighted by Gasteiger charge is -2.32. The minimum absolute atomic E-state index is 0.108. The van der Waals surface area contributed by atoms with E-state index in [-0.39, 0.29) is 17.8 Å². The summed E-state index contributed by atoms with van der Waals surface area (Å²) in [4.78, 5) is 3.29. The summed E-state index contributed by atoms with van der Waals surface area (Å²) in [5, 5.41) is 0. The van der Waals surface area contributed by atoms with Crippen molar-refractivity contribution in [3.63, 3.8) is 0 Å². The summed E-state index contributed by atoms with van der Waals surface area (Å²) in [5.41, 5.74) is -0.108. The molecule has 1 saturated heterocycles. The van der Waals surface area contributed by atoms with Crippen molar-refractivity contribution >= 4 is 8.38 Å². The minimum Gasteiger partial charge on any atom is -0.369 e. The molecule has 0 aromatic heterocycles. The first-order chi connectivity index (χ1) is 9.04. The van der Waals surface area contributed by atoms with Crippen molar-refractivity contribution in [1.82, 2.24) is 0 Å². The largest absolute Gasteiger partial charge is 0.369 e. The Balaban J connectivity index is 1.97. The molecule has 2 aliphatic rings. The first kappa shape index (κ1) is 15.2. The molecule has 1 heterocycles. The van der Waals surface area contributed by atoms with Crippen LogP contribution < -0.4 is 0 Å². The van der Waals surface area contributed by atoms with E-state index in [1.54, 1.807) is 0 Å². The summed E-state index contributed by atoms with van der Waals surface area (Å²) >= 11 is 0. The van der Waals surface area contributed by atoms with Crippen molar-refractivity contribution in [2.45, 2.75) is 51.4 Å². The fraction of sp³-hybridized carbons (Fsp3) is 0.929. The first-order valence-electron chi connectivity index (χ1n) is 7.08. The van der Waals surface area contributed by atoms with Crippen LogP contribution in [-0.4, -0.2) is 37.6 Å². The van der Waals surface area contributed by atoms with Gasteiger partial charge in [-0.2, -0.15) is 0 Å². The molecule has 1 aliphatic heterocycles. The van der Waals surface area contributed by atoms with Gasteiger partial charge >= 0.3 is 0 Å². The topological polar surface area (TPSA) is 32.0 Å². The Kier molecular flexibility index (Phi) is 4.84. The van der Waals surface area contributed by atoms with Gasteiger partial charge in [0.15, 0.2) is 8.38 Å². The van der Waals surface area contributed by atoms with E-state index in [1.807, 2.05) is 6.66 Å². The lowest BCUT2D eigenvalue weighted by atomic mass is 9.92. The molecule has 19 heavy (non-hydrogen) atoms. The highest BCUT2D eigenvalue weighted by atomic mass is 31.2. The second-order valence-corrected chi connectivity index (χ2v) is 7.03. The van der Waals surface area contributed by atoms with Crippen LogP contribution in [0.3, 0.4) is 0 Å².